The summed E-state index contributed by atoms with van der Waals surface area (Å²) >= 11 is 0. The molecule has 1 aromatic rings. The van der Waals surface area contributed by atoms with Crippen LogP contribution in [0.15, 0.2) is 0 Å². The monoisotopic (exact) mass is 274 g/mol. The van der Waals surface area contributed by atoms with Gasteiger partial charge in [0, 0.05) is 13.1 Å². The Morgan fingerprint density at radius 2 is 2.06 bits per heavy atom. The van der Waals surface area contributed by atoms with Crippen LogP contribution in [-0.2, 0) is 10.0 Å². The third-order valence-electron chi connectivity index (χ3n) is 3.02. The zero-order valence-electron chi connectivity index (χ0n) is 10.2. The minimum Gasteiger partial charge on any atom is -0.353 e. The van der Waals surface area contributed by atoms with Gasteiger partial charge in [-0.1, -0.05) is 0 Å². The lowest BCUT2D eigenvalue weighted by Gasteiger charge is -2.18. The van der Waals surface area contributed by atoms with Crippen LogP contribution in [0, 0.1) is 19.7 Å². The summed E-state index contributed by atoms with van der Waals surface area (Å²) in [5.74, 6) is 0.116. The van der Waals surface area contributed by atoms with E-state index in [1.807, 2.05) is 0 Å². The summed E-state index contributed by atoms with van der Waals surface area (Å²) in [5, 5.41) is 4.44. The van der Waals surface area contributed by atoms with Crippen molar-refractivity contribution < 1.29 is 12.8 Å². The number of aryl methyl sites for hydroxylation is 2. The molecule has 0 aliphatic carbocycles. The van der Waals surface area contributed by atoms with E-state index in [0.29, 0.717) is 18.8 Å². The number of nitrogens with zero attached hydrogens (tertiary/aromatic N) is 3. The smallest absolute Gasteiger partial charge is 0.213 e. The first-order valence-electron chi connectivity index (χ1n) is 5.56. The van der Waals surface area contributed by atoms with Crippen molar-refractivity contribution in [3.63, 3.8) is 0 Å². The summed E-state index contributed by atoms with van der Waals surface area (Å²) in [6.07, 6.45) is 0.389. The van der Waals surface area contributed by atoms with Crippen LogP contribution in [0.5, 0.6) is 0 Å². The summed E-state index contributed by atoms with van der Waals surface area (Å²) in [5.41, 5.74) is 0.261. The average Bonchev–Trinajstić information content (AvgIpc) is 2.71. The zero-order valence-corrected chi connectivity index (χ0v) is 11.0. The molecule has 1 aliphatic heterocycles. The fourth-order valence-electron chi connectivity index (χ4n) is 2.08. The van der Waals surface area contributed by atoms with Gasteiger partial charge < -0.3 is 4.90 Å². The molecule has 1 unspecified atom stereocenters. The van der Waals surface area contributed by atoms with Gasteiger partial charge in [0.2, 0.25) is 10.0 Å². The van der Waals surface area contributed by atoms with Crippen LogP contribution < -0.4 is 10.0 Å². The van der Waals surface area contributed by atoms with E-state index in [4.69, 9.17) is 5.14 Å². The normalized spacial score (nSPS) is 20.4. The highest BCUT2D eigenvalue weighted by Gasteiger charge is 2.32. The van der Waals surface area contributed by atoms with Crippen molar-refractivity contribution in [1.29, 1.82) is 0 Å². The number of anilines is 1. The molecule has 100 valence electrons. The van der Waals surface area contributed by atoms with Gasteiger partial charge in [0.1, 0.15) is 5.82 Å². The highest BCUT2D eigenvalue weighted by atomic mass is 32.2. The molecule has 0 radical (unpaired) electrons. The molecule has 1 aliphatic rings. The van der Waals surface area contributed by atoms with Gasteiger partial charge in [-0.2, -0.15) is 0 Å². The Kier molecular flexibility index (Phi) is 3.24. The number of aromatic nitrogens is 2. The van der Waals surface area contributed by atoms with E-state index in [2.05, 4.69) is 9.97 Å². The van der Waals surface area contributed by atoms with E-state index in [1.165, 1.54) is 0 Å². The van der Waals surface area contributed by atoms with Crippen LogP contribution in [0.4, 0.5) is 10.2 Å². The second kappa shape index (κ2) is 4.43. The Morgan fingerprint density at radius 1 is 1.39 bits per heavy atom. The number of primary sulfonamides is 1. The minimum atomic E-state index is -3.58. The van der Waals surface area contributed by atoms with Crippen LogP contribution in [0.2, 0.25) is 0 Å². The lowest BCUT2D eigenvalue weighted by atomic mass is 10.3. The zero-order chi connectivity index (χ0) is 13.5. The topological polar surface area (TPSA) is 89.2 Å². The number of rotatable bonds is 2. The van der Waals surface area contributed by atoms with E-state index in [9.17, 15) is 12.8 Å². The molecule has 0 spiro atoms. The average molecular weight is 274 g/mol. The molecule has 1 atom stereocenters. The van der Waals surface area contributed by atoms with E-state index in [1.54, 1.807) is 18.7 Å². The lowest BCUT2D eigenvalue weighted by molar-refractivity contribution is 0.583. The maximum Gasteiger partial charge on any atom is 0.213 e. The highest BCUT2D eigenvalue weighted by Crippen LogP contribution is 2.24. The van der Waals surface area contributed by atoms with Gasteiger partial charge in [-0.15, -0.1) is 0 Å². The molecule has 6 nitrogen and oxygen atoms in total. The third kappa shape index (κ3) is 2.44. The standard InChI is InChI=1S/C10H15FN4O2S/c1-6-9(11)10(14-7(2)13-6)15-4-3-8(5-15)18(12,16)17/h8H,3-5H2,1-2H3,(H2,12,16,17). The van der Waals surface area contributed by atoms with Gasteiger partial charge in [0.15, 0.2) is 11.6 Å². The summed E-state index contributed by atoms with van der Waals surface area (Å²) in [6.45, 7) is 3.82. The van der Waals surface area contributed by atoms with E-state index < -0.39 is 21.1 Å². The molecule has 0 bridgehead atoms. The summed E-state index contributed by atoms with van der Waals surface area (Å²) < 4.78 is 36.4. The van der Waals surface area contributed by atoms with E-state index in [-0.39, 0.29) is 18.1 Å². The van der Waals surface area contributed by atoms with E-state index in [0.717, 1.165) is 0 Å². The van der Waals surface area contributed by atoms with Gasteiger partial charge >= 0.3 is 0 Å². The van der Waals surface area contributed by atoms with Gasteiger partial charge in [0.25, 0.3) is 0 Å². The molecule has 2 rings (SSSR count). The molecule has 0 saturated carbocycles. The Balaban J connectivity index is 2.30. The van der Waals surface area contributed by atoms with Crippen LogP contribution in [0.3, 0.4) is 0 Å². The van der Waals surface area contributed by atoms with Crippen LogP contribution in [0.25, 0.3) is 0 Å². The van der Waals surface area contributed by atoms with Gasteiger partial charge in [-0.25, -0.2) is 27.9 Å². The number of halogens is 1. The van der Waals surface area contributed by atoms with Gasteiger partial charge in [-0.3, -0.25) is 0 Å². The quantitative estimate of drug-likeness (QED) is 0.826. The Morgan fingerprint density at radius 3 is 2.61 bits per heavy atom. The Labute approximate surface area is 105 Å². The number of hydrogen-bond donors (Lipinski definition) is 1. The van der Waals surface area contributed by atoms with Crippen molar-refractivity contribution in [2.45, 2.75) is 25.5 Å². The molecule has 2 heterocycles. The van der Waals surface area contributed by atoms with Crippen molar-refractivity contribution in [3.8, 4) is 0 Å². The maximum atomic E-state index is 13.9. The number of nitrogens with two attached hydrogens (primary N) is 1. The predicted octanol–water partition coefficient (Wildman–Crippen LogP) is 0.0997. The fraction of sp³-hybridized carbons (Fsp3) is 0.600. The van der Waals surface area contributed by atoms with Crippen LogP contribution >= 0.6 is 0 Å². The second-order valence-electron chi connectivity index (χ2n) is 4.44. The van der Waals surface area contributed by atoms with Crippen molar-refractivity contribution >= 4 is 15.8 Å². The number of hydrogen-bond acceptors (Lipinski definition) is 5. The van der Waals surface area contributed by atoms with Crippen molar-refractivity contribution in [1.82, 2.24) is 9.97 Å². The molecule has 1 saturated heterocycles. The molecule has 0 aromatic carbocycles. The molecule has 18 heavy (non-hydrogen) atoms. The third-order valence-corrected chi connectivity index (χ3v) is 4.33. The Hall–Kier alpha value is -1.28. The first-order chi connectivity index (χ1) is 8.29. The SMILES string of the molecule is Cc1nc(C)c(F)c(N2CCC(S(N)(=O)=O)C2)n1. The highest BCUT2D eigenvalue weighted by molar-refractivity contribution is 7.89. The van der Waals surface area contributed by atoms with Crippen LogP contribution in [0.1, 0.15) is 17.9 Å². The first-order valence-corrected chi connectivity index (χ1v) is 7.17. The van der Waals surface area contributed by atoms with Crippen LogP contribution in [-0.4, -0.2) is 36.7 Å². The molecule has 8 heteroatoms. The van der Waals surface area contributed by atoms with Gasteiger partial charge in [0.05, 0.1) is 10.9 Å². The molecule has 1 fully saturated rings. The predicted molar refractivity (Wildman–Crippen MR) is 65.2 cm³/mol. The number of sulfonamides is 1. The maximum absolute atomic E-state index is 13.9. The largest absolute Gasteiger partial charge is 0.353 e. The fourth-order valence-corrected chi connectivity index (χ4v) is 2.90. The van der Waals surface area contributed by atoms with Crippen molar-refractivity contribution in [2.75, 3.05) is 18.0 Å². The molecular formula is C10H15FN4O2S. The van der Waals surface area contributed by atoms with Crippen molar-refractivity contribution in [3.05, 3.63) is 17.3 Å². The summed E-state index contributed by atoms with van der Waals surface area (Å²) in [6, 6.07) is 0. The summed E-state index contributed by atoms with van der Waals surface area (Å²) in [4.78, 5) is 9.56. The molecule has 1 aromatic heterocycles. The minimum absolute atomic E-state index is 0.158. The first kappa shape index (κ1) is 13.2. The lowest BCUT2D eigenvalue weighted by Crippen LogP contribution is -2.32. The van der Waals surface area contributed by atoms with E-state index >= 15 is 0 Å². The Bertz CT molecular complexity index is 575. The molecule has 2 N–H and O–H groups in total. The molecular weight excluding hydrogens is 259 g/mol. The molecule has 0 amide bonds. The van der Waals surface area contributed by atoms with Gasteiger partial charge in [-0.05, 0) is 20.3 Å². The van der Waals surface area contributed by atoms with Crippen molar-refractivity contribution in [2.24, 2.45) is 5.14 Å². The second-order valence-corrected chi connectivity index (χ2v) is 6.28. The summed E-state index contributed by atoms with van der Waals surface area (Å²) in [7, 11) is -3.58.